The van der Waals surface area contributed by atoms with Crippen LogP contribution >= 0.6 is 0 Å². The third-order valence-electron chi connectivity index (χ3n) is 5.02. The lowest BCUT2D eigenvalue weighted by Gasteiger charge is -2.28. The molecule has 5 heteroatoms. The Balaban J connectivity index is 2.03. The van der Waals surface area contributed by atoms with Gasteiger partial charge >= 0.3 is 11.9 Å². The second kappa shape index (κ2) is 9.41. The SMILES string of the molecule is COC(=O)CC1CCC(c2ccc(/C(=C\N(C)C)C(=O)OC)cc2)CC1. The van der Waals surface area contributed by atoms with Crippen molar-refractivity contribution in [1.29, 1.82) is 0 Å². The minimum absolute atomic E-state index is 0.110. The lowest BCUT2D eigenvalue weighted by Crippen LogP contribution is -2.17. The molecule has 2 rings (SSSR count). The van der Waals surface area contributed by atoms with Gasteiger partial charge in [-0.25, -0.2) is 4.79 Å². The second-order valence-corrected chi connectivity index (χ2v) is 7.12. The van der Waals surface area contributed by atoms with Crippen LogP contribution in [0, 0.1) is 5.92 Å². The number of nitrogens with zero attached hydrogens (tertiary/aromatic N) is 1. The molecule has 1 fully saturated rings. The smallest absolute Gasteiger partial charge is 0.339 e. The van der Waals surface area contributed by atoms with Crippen molar-refractivity contribution in [2.75, 3.05) is 28.3 Å². The van der Waals surface area contributed by atoms with Crippen molar-refractivity contribution in [2.24, 2.45) is 5.92 Å². The number of methoxy groups -OCH3 is 2. The molecule has 0 amide bonds. The molecule has 1 aliphatic rings. The lowest BCUT2D eigenvalue weighted by molar-refractivity contribution is -0.142. The Kier molecular flexibility index (Phi) is 7.25. The van der Waals surface area contributed by atoms with Crippen LogP contribution in [0.25, 0.3) is 5.57 Å². The number of hydrogen-bond acceptors (Lipinski definition) is 5. The molecule has 0 unspecified atom stereocenters. The summed E-state index contributed by atoms with van der Waals surface area (Å²) >= 11 is 0. The largest absolute Gasteiger partial charge is 0.469 e. The second-order valence-electron chi connectivity index (χ2n) is 7.12. The number of carbonyl (C=O) groups excluding carboxylic acids is 2. The average Bonchev–Trinajstić information content (AvgIpc) is 2.66. The van der Waals surface area contributed by atoms with Gasteiger partial charge in [-0.05, 0) is 48.6 Å². The zero-order valence-corrected chi connectivity index (χ0v) is 16.2. The van der Waals surface area contributed by atoms with Crippen molar-refractivity contribution in [2.45, 2.75) is 38.0 Å². The fourth-order valence-electron chi connectivity index (χ4n) is 3.57. The van der Waals surface area contributed by atoms with Gasteiger partial charge in [0, 0.05) is 26.7 Å². The summed E-state index contributed by atoms with van der Waals surface area (Å²) in [5.41, 5.74) is 2.69. The van der Waals surface area contributed by atoms with Crippen molar-refractivity contribution in [1.82, 2.24) is 4.90 Å². The van der Waals surface area contributed by atoms with E-state index in [0.29, 0.717) is 23.8 Å². The van der Waals surface area contributed by atoms with Gasteiger partial charge in [0.25, 0.3) is 0 Å². The lowest BCUT2D eigenvalue weighted by atomic mass is 9.77. The molecule has 1 aromatic carbocycles. The van der Waals surface area contributed by atoms with Crippen LogP contribution in [0.5, 0.6) is 0 Å². The molecule has 0 spiro atoms. The Morgan fingerprint density at radius 1 is 1.04 bits per heavy atom. The van der Waals surface area contributed by atoms with Crippen LogP contribution < -0.4 is 0 Å². The Labute approximate surface area is 156 Å². The van der Waals surface area contributed by atoms with Gasteiger partial charge in [-0.1, -0.05) is 24.3 Å². The Bertz CT molecular complexity index is 640. The predicted octanol–water partition coefficient (Wildman–Crippen LogP) is 3.60. The maximum Gasteiger partial charge on any atom is 0.339 e. The van der Waals surface area contributed by atoms with Crippen LogP contribution in [-0.4, -0.2) is 45.2 Å². The Morgan fingerprint density at radius 2 is 1.65 bits per heavy atom. The van der Waals surface area contributed by atoms with E-state index in [-0.39, 0.29) is 11.9 Å². The van der Waals surface area contributed by atoms with Gasteiger partial charge in [0.15, 0.2) is 0 Å². The number of rotatable bonds is 6. The van der Waals surface area contributed by atoms with Crippen molar-refractivity contribution < 1.29 is 19.1 Å². The highest BCUT2D eigenvalue weighted by atomic mass is 16.5. The Morgan fingerprint density at radius 3 is 2.15 bits per heavy atom. The summed E-state index contributed by atoms with van der Waals surface area (Å²) in [6.07, 6.45) is 6.57. The first kappa shape index (κ1) is 20.0. The van der Waals surface area contributed by atoms with Gasteiger partial charge < -0.3 is 14.4 Å². The average molecular weight is 359 g/mol. The summed E-state index contributed by atoms with van der Waals surface area (Å²) in [6.45, 7) is 0. The number of esters is 2. The van der Waals surface area contributed by atoms with Crippen molar-refractivity contribution in [3.05, 3.63) is 41.6 Å². The minimum atomic E-state index is -0.338. The molecule has 26 heavy (non-hydrogen) atoms. The molecule has 1 aliphatic carbocycles. The molecule has 0 aliphatic heterocycles. The topological polar surface area (TPSA) is 55.8 Å². The van der Waals surface area contributed by atoms with Crippen LogP contribution in [0.4, 0.5) is 0 Å². The maximum atomic E-state index is 12.0. The van der Waals surface area contributed by atoms with Crippen LogP contribution in [0.2, 0.25) is 0 Å². The third kappa shape index (κ3) is 5.35. The molecular weight excluding hydrogens is 330 g/mol. The standard InChI is InChI=1S/C21H29NO4/c1-22(2)14-19(21(24)26-4)18-11-9-17(10-12-18)16-7-5-15(6-8-16)13-20(23)25-3/h9-12,14-16H,5-8,13H2,1-4H3/b19-14+. The van der Waals surface area contributed by atoms with E-state index in [1.165, 1.54) is 19.8 Å². The predicted molar refractivity (Wildman–Crippen MR) is 101 cm³/mol. The molecule has 1 saturated carbocycles. The van der Waals surface area contributed by atoms with Crippen molar-refractivity contribution >= 4 is 17.5 Å². The first-order valence-corrected chi connectivity index (χ1v) is 9.08. The number of carbonyl (C=O) groups is 2. The quantitative estimate of drug-likeness (QED) is 0.574. The van der Waals surface area contributed by atoms with Crippen LogP contribution in [-0.2, 0) is 19.1 Å². The van der Waals surface area contributed by atoms with Crippen LogP contribution in [0.3, 0.4) is 0 Å². The summed E-state index contributed by atoms with van der Waals surface area (Å²) in [4.78, 5) is 25.3. The molecule has 0 atom stereocenters. The molecule has 0 heterocycles. The van der Waals surface area contributed by atoms with E-state index in [4.69, 9.17) is 9.47 Å². The van der Waals surface area contributed by atoms with Gasteiger partial charge in [0.2, 0.25) is 0 Å². The summed E-state index contributed by atoms with van der Waals surface area (Å²) in [6, 6.07) is 8.18. The van der Waals surface area contributed by atoms with Crippen LogP contribution in [0.1, 0.15) is 49.1 Å². The number of hydrogen-bond donors (Lipinski definition) is 0. The highest BCUT2D eigenvalue weighted by Crippen LogP contribution is 2.37. The minimum Gasteiger partial charge on any atom is -0.469 e. The molecule has 1 aromatic rings. The van der Waals surface area contributed by atoms with E-state index in [0.717, 1.165) is 31.2 Å². The summed E-state index contributed by atoms with van der Waals surface area (Å²) < 4.78 is 9.67. The zero-order valence-electron chi connectivity index (χ0n) is 16.2. The maximum absolute atomic E-state index is 12.0. The van der Waals surface area contributed by atoms with E-state index in [2.05, 4.69) is 12.1 Å². The summed E-state index contributed by atoms with van der Waals surface area (Å²) in [7, 11) is 6.60. The summed E-state index contributed by atoms with van der Waals surface area (Å²) in [5, 5.41) is 0. The first-order chi connectivity index (χ1) is 12.4. The monoisotopic (exact) mass is 359 g/mol. The molecule has 5 nitrogen and oxygen atoms in total. The highest BCUT2D eigenvalue weighted by molar-refractivity contribution is 6.16. The number of benzene rings is 1. The molecule has 0 aromatic heterocycles. The first-order valence-electron chi connectivity index (χ1n) is 9.08. The normalized spacial score (nSPS) is 20.4. The fraction of sp³-hybridized carbons (Fsp3) is 0.524. The van der Waals surface area contributed by atoms with Gasteiger partial charge in [-0.2, -0.15) is 0 Å². The van der Waals surface area contributed by atoms with Crippen molar-refractivity contribution in [3.8, 4) is 0 Å². The van der Waals surface area contributed by atoms with E-state index < -0.39 is 0 Å². The van der Waals surface area contributed by atoms with Gasteiger partial charge in [-0.3, -0.25) is 4.79 Å². The highest BCUT2D eigenvalue weighted by Gasteiger charge is 2.24. The summed E-state index contributed by atoms with van der Waals surface area (Å²) in [5.74, 6) is 0.500. The molecule has 0 saturated heterocycles. The molecule has 0 radical (unpaired) electrons. The fourth-order valence-corrected chi connectivity index (χ4v) is 3.57. The van der Waals surface area contributed by atoms with E-state index in [9.17, 15) is 9.59 Å². The van der Waals surface area contributed by atoms with Gasteiger partial charge in [0.1, 0.15) is 0 Å². The van der Waals surface area contributed by atoms with E-state index >= 15 is 0 Å². The van der Waals surface area contributed by atoms with Gasteiger partial charge in [0.05, 0.1) is 19.8 Å². The van der Waals surface area contributed by atoms with E-state index in [1.807, 2.05) is 31.1 Å². The molecule has 142 valence electrons. The third-order valence-corrected chi connectivity index (χ3v) is 5.02. The van der Waals surface area contributed by atoms with Crippen LogP contribution in [0.15, 0.2) is 30.5 Å². The van der Waals surface area contributed by atoms with Gasteiger partial charge in [-0.15, -0.1) is 0 Å². The zero-order chi connectivity index (χ0) is 19.1. The van der Waals surface area contributed by atoms with E-state index in [1.54, 1.807) is 6.20 Å². The van der Waals surface area contributed by atoms with Crippen molar-refractivity contribution in [3.63, 3.8) is 0 Å². The molecular formula is C21H29NO4. The number of ether oxygens (including phenoxy) is 2. The molecule has 0 N–H and O–H groups in total. The Hall–Kier alpha value is -2.30. The molecule has 0 bridgehead atoms.